The van der Waals surface area contributed by atoms with E-state index in [2.05, 4.69) is 55.6 Å². The molecule has 2 saturated heterocycles. The molecule has 2 heterocycles. The first-order valence-electron chi connectivity index (χ1n) is 10.9. The molecule has 0 amide bonds. The van der Waals surface area contributed by atoms with Gasteiger partial charge in [0.1, 0.15) is 0 Å². The second kappa shape index (κ2) is 6.94. The van der Waals surface area contributed by atoms with Gasteiger partial charge in [-0.1, -0.05) is 41.5 Å². The highest BCUT2D eigenvalue weighted by molar-refractivity contribution is 5.04. The summed E-state index contributed by atoms with van der Waals surface area (Å²) in [4.78, 5) is 0. The predicted octanol–water partition coefficient (Wildman–Crippen LogP) is -1.24. The lowest BCUT2D eigenvalue weighted by atomic mass is 9.62. The Morgan fingerprint density at radius 3 is 1.30 bits per heavy atom. The van der Waals surface area contributed by atoms with Gasteiger partial charge in [-0.15, -0.1) is 0 Å². The Bertz CT molecular complexity index is 541. The molecular formula is C23H44I2N2. The molecule has 0 aromatic rings. The summed E-state index contributed by atoms with van der Waals surface area (Å²) in [5.74, 6) is 1.85. The lowest BCUT2D eigenvalue weighted by Crippen LogP contribution is -3.00. The molecule has 0 radical (unpaired) electrons. The number of piperidine rings is 2. The lowest BCUT2D eigenvalue weighted by molar-refractivity contribution is -1.10. The number of halogens is 2. The average Bonchev–Trinajstić information content (AvgIpc) is 2.66. The van der Waals surface area contributed by atoms with Gasteiger partial charge in [-0.25, -0.2) is 0 Å². The largest absolute Gasteiger partial charge is 1.00 e. The Morgan fingerprint density at radius 2 is 1.00 bits per heavy atom. The van der Waals surface area contributed by atoms with Crippen LogP contribution in [-0.2, 0) is 0 Å². The van der Waals surface area contributed by atoms with E-state index in [1.807, 2.05) is 0 Å². The van der Waals surface area contributed by atoms with E-state index in [-0.39, 0.29) is 48.0 Å². The van der Waals surface area contributed by atoms with Crippen molar-refractivity contribution in [2.24, 2.45) is 33.5 Å². The van der Waals surface area contributed by atoms with Crippen LogP contribution in [0.25, 0.3) is 0 Å². The predicted molar refractivity (Wildman–Crippen MR) is 106 cm³/mol. The third kappa shape index (κ3) is 3.46. The molecule has 4 aliphatic rings. The highest BCUT2D eigenvalue weighted by atomic mass is 127. The quantitative estimate of drug-likeness (QED) is 0.274. The van der Waals surface area contributed by atoms with Crippen molar-refractivity contribution in [2.75, 3.05) is 46.9 Å². The van der Waals surface area contributed by atoms with Gasteiger partial charge in [0, 0.05) is 22.7 Å². The van der Waals surface area contributed by atoms with Crippen molar-refractivity contribution in [2.45, 2.75) is 67.2 Å². The van der Waals surface area contributed by atoms with Crippen LogP contribution in [-0.4, -0.2) is 55.9 Å². The van der Waals surface area contributed by atoms with Crippen molar-refractivity contribution in [1.29, 1.82) is 0 Å². The van der Waals surface area contributed by atoms with E-state index < -0.39 is 0 Å². The third-order valence-corrected chi connectivity index (χ3v) is 10.7. The zero-order valence-electron chi connectivity index (χ0n) is 19.2. The summed E-state index contributed by atoms with van der Waals surface area (Å²) < 4.78 is 2.65. The maximum atomic E-state index is 2.60. The molecule has 0 N–H and O–H groups in total. The monoisotopic (exact) mass is 602 g/mol. The van der Waals surface area contributed by atoms with Crippen molar-refractivity contribution in [3.05, 3.63) is 0 Å². The van der Waals surface area contributed by atoms with E-state index in [9.17, 15) is 0 Å². The van der Waals surface area contributed by atoms with Gasteiger partial charge in [0.2, 0.25) is 6.67 Å². The Labute approximate surface area is 203 Å². The lowest BCUT2D eigenvalue weighted by Gasteiger charge is -2.58. The summed E-state index contributed by atoms with van der Waals surface area (Å²) in [6.45, 7) is 22.5. The highest BCUT2D eigenvalue weighted by Gasteiger charge is 2.64. The maximum Gasteiger partial charge on any atom is 0.207 e. The van der Waals surface area contributed by atoms with Crippen LogP contribution in [0.1, 0.15) is 67.2 Å². The molecule has 4 bridgehead atoms. The van der Waals surface area contributed by atoms with E-state index in [1.54, 1.807) is 0 Å². The van der Waals surface area contributed by atoms with Gasteiger partial charge < -0.3 is 48.0 Å². The molecule has 4 fully saturated rings. The van der Waals surface area contributed by atoms with Crippen LogP contribution in [0.4, 0.5) is 0 Å². The van der Waals surface area contributed by atoms with E-state index >= 15 is 0 Å². The molecule has 4 heteroatoms. The van der Waals surface area contributed by atoms with E-state index in [0.29, 0.717) is 21.7 Å². The van der Waals surface area contributed by atoms with Gasteiger partial charge >= 0.3 is 0 Å². The fourth-order valence-electron chi connectivity index (χ4n) is 8.46. The number of quaternary nitrogens is 2. The van der Waals surface area contributed by atoms with Crippen molar-refractivity contribution in [3.63, 3.8) is 0 Å². The van der Waals surface area contributed by atoms with E-state index in [0.717, 1.165) is 11.8 Å². The molecular weight excluding hydrogens is 558 g/mol. The number of likely N-dealkylation sites (tertiary alicyclic amines) is 2. The summed E-state index contributed by atoms with van der Waals surface area (Å²) in [5, 5.41) is 0. The molecule has 2 nitrogen and oxygen atoms in total. The molecule has 2 aliphatic carbocycles. The van der Waals surface area contributed by atoms with Crippen LogP contribution < -0.4 is 48.0 Å². The summed E-state index contributed by atoms with van der Waals surface area (Å²) in [7, 11) is 5.19. The molecule has 27 heavy (non-hydrogen) atoms. The van der Waals surface area contributed by atoms with Crippen molar-refractivity contribution in [3.8, 4) is 0 Å². The Balaban J connectivity index is 0.00000131. The van der Waals surface area contributed by atoms with Crippen LogP contribution in [0.15, 0.2) is 0 Å². The van der Waals surface area contributed by atoms with Gasteiger partial charge in [-0.2, -0.15) is 0 Å². The molecule has 160 valence electrons. The number of hydrogen-bond acceptors (Lipinski definition) is 0. The first-order chi connectivity index (χ1) is 11.2. The molecule has 6 unspecified atom stereocenters. The Hall–Kier alpha value is 1.38. The van der Waals surface area contributed by atoms with Crippen LogP contribution >= 0.6 is 0 Å². The van der Waals surface area contributed by atoms with Crippen molar-refractivity contribution < 1.29 is 56.9 Å². The SMILES string of the molecule is CC12CCC(C[N+](C)(C[N+]3(C)CC4CCC(C)(C3)C4(C)C)C1)C2(C)C.[I-].[I-]. The van der Waals surface area contributed by atoms with Crippen LogP contribution in [0.5, 0.6) is 0 Å². The number of rotatable bonds is 2. The number of fused-ring (bicyclic) bond motifs is 4. The average molecular weight is 602 g/mol. The second-order valence-electron chi connectivity index (χ2n) is 13.1. The summed E-state index contributed by atoms with van der Waals surface area (Å²) in [6, 6.07) is 0. The zero-order chi connectivity index (χ0) is 18.5. The second-order valence-corrected chi connectivity index (χ2v) is 13.1. The van der Waals surface area contributed by atoms with E-state index in [1.165, 1.54) is 67.5 Å². The molecule has 0 aromatic heterocycles. The molecule has 0 aromatic carbocycles. The van der Waals surface area contributed by atoms with E-state index in [4.69, 9.17) is 0 Å². The molecule has 2 saturated carbocycles. The minimum Gasteiger partial charge on any atom is -1.00 e. The summed E-state index contributed by atoms with van der Waals surface area (Å²) in [5.41, 5.74) is 2.17. The van der Waals surface area contributed by atoms with Crippen molar-refractivity contribution in [1.82, 2.24) is 0 Å². The first-order valence-corrected chi connectivity index (χ1v) is 10.9. The van der Waals surface area contributed by atoms with Gasteiger partial charge in [-0.3, -0.25) is 8.97 Å². The fourth-order valence-corrected chi connectivity index (χ4v) is 8.46. The molecule has 0 spiro atoms. The van der Waals surface area contributed by atoms with Gasteiger partial charge in [0.15, 0.2) is 0 Å². The zero-order valence-corrected chi connectivity index (χ0v) is 23.5. The molecule has 6 atom stereocenters. The maximum absolute atomic E-state index is 2.60. The first kappa shape index (κ1) is 24.6. The highest BCUT2D eigenvalue weighted by Crippen LogP contribution is 2.62. The minimum absolute atomic E-state index is 0. The Kier molecular flexibility index (Phi) is 6.34. The summed E-state index contributed by atoms with van der Waals surface area (Å²) in [6.07, 6.45) is 5.84. The minimum atomic E-state index is 0. The summed E-state index contributed by atoms with van der Waals surface area (Å²) >= 11 is 0. The molecule has 2 aliphatic heterocycles. The van der Waals surface area contributed by atoms with Crippen LogP contribution in [0.2, 0.25) is 0 Å². The Morgan fingerprint density at radius 1 is 0.667 bits per heavy atom. The topological polar surface area (TPSA) is 0 Å². The van der Waals surface area contributed by atoms with Crippen LogP contribution in [0.3, 0.4) is 0 Å². The number of nitrogens with zero attached hydrogens (tertiary/aromatic N) is 2. The normalized spacial score (nSPS) is 52.0. The van der Waals surface area contributed by atoms with Gasteiger partial charge in [0.05, 0.1) is 40.3 Å². The smallest absolute Gasteiger partial charge is 0.207 e. The fraction of sp³-hybridized carbons (Fsp3) is 1.00. The van der Waals surface area contributed by atoms with Crippen molar-refractivity contribution >= 4 is 0 Å². The van der Waals surface area contributed by atoms with Gasteiger partial charge in [-0.05, 0) is 36.5 Å². The molecule has 4 rings (SSSR count). The van der Waals surface area contributed by atoms with Crippen LogP contribution in [0, 0.1) is 33.5 Å². The number of hydrogen-bond donors (Lipinski definition) is 0. The van der Waals surface area contributed by atoms with Gasteiger partial charge in [0.25, 0.3) is 0 Å². The standard InChI is InChI=1S/C23H44N2.2HI/c1-20(2)18-9-11-22(20,5)15-24(7,13-18)17-25(8)14-19-10-12-23(6,16-25)21(19,3)4;;/h18-19H,9-17H2,1-8H3;2*1H/q+2;;/p-2. The third-order valence-electron chi connectivity index (χ3n) is 10.7.